The molecule has 2 N–H and O–H groups in total. The summed E-state index contributed by atoms with van der Waals surface area (Å²) in [5.41, 5.74) is 0.616. The molecule has 0 saturated carbocycles. The smallest absolute Gasteiger partial charge is 0.263 e. The number of carbonyl (C=O) groups is 1. The minimum atomic E-state index is -3.49. The molecule has 156 valence electrons. The van der Waals surface area contributed by atoms with Gasteiger partial charge in [0.1, 0.15) is 11.7 Å². The standard InChI is InChI=1S/C20H27N5O3S/c1-3-15(2)25-18(12-14-22-25)23-19(26)11-5-4-8-13-21-20-16-9-6-7-10-17(16)29(27,28)24-20/h6-7,9-10,12,14-15H,3-5,8,11,13H2,1-2H3,(H,21,24)(H,23,26). The van der Waals surface area contributed by atoms with Crippen LogP contribution >= 0.6 is 0 Å². The zero-order valence-electron chi connectivity index (χ0n) is 16.8. The van der Waals surface area contributed by atoms with Gasteiger partial charge in [-0.2, -0.15) is 5.10 Å². The third kappa shape index (κ3) is 5.03. The van der Waals surface area contributed by atoms with Gasteiger partial charge in [0.2, 0.25) is 5.91 Å². The maximum Gasteiger partial charge on any atom is 0.263 e. The van der Waals surface area contributed by atoms with Gasteiger partial charge < -0.3 is 5.32 Å². The number of sulfonamides is 1. The number of carbonyl (C=O) groups excluding carboxylic acids is 1. The van der Waals surface area contributed by atoms with Crippen molar-refractivity contribution in [2.45, 2.75) is 56.9 Å². The fourth-order valence-electron chi connectivity index (χ4n) is 3.16. The fourth-order valence-corrected chi connectivity index (χ4v) is 4.41. The largest absolute Gasteiger partial charge is 0.311 e. The Hall–Kier alpha value is -2.68. The molecule has 2 aromatic rings. The molecule has 0 bridgehead atoms. The summed E-state index contributed by atoms with van der Waals surface area (Å²) in [6, 6.07) is 8.86. The first-order chi connectivity index (χ1) is 13.9. The van der Waals surface area contributed by atoms with Gasteiger partial charge in [-0.15, -0.1) is 0 Å². The van der Waals surface area contributed by atoms with E-state index in [4.69, 9.17) is 0 Å². The maximum atomic E-state index is 12.2. The second-order valence-electron chi connectivity index (χ2n) is 7.11. The van der Waals surface area contributed by atoms with E-state index in [1.807, 2.05) is 4.68 Å². The Morgan fingerprint density at radius 2 is 2.03 bits per heavy atom. The number of fused-ring (bicyclic) bond motifs is 1. The lowest BCUT2D eigenvalue weighted by Crippen LogP contribution is -2.22. The van der Waals surface area contributed by atoms with Crippen molar-refractivity contribution in [1.82, 2.24) is 14.5 Å². The molecular formula is C20H27N5O3S. The fraction of sp³-hybridized carbons (Fsp3) is 0.450. The van der Waals surface area contributed by atoms with Gasteiger partial charge >= 0.3 is 0 Å². The van der Waals surface area contributed by atoms with Crippen LogP contribution in [0.15, 0.2) is 46.4 Å². The van der Waals surface area contributed by atoms with Crippen LogP contribution in [0.25, 0.3) is 0 Å². The molecule has 1 aliphatic heterocycles. The first-order valence-corrected chi connectivity index (χ1v) is 11.4. The minimum Gasteiger partial charge on any atom is -0.311 e. The highest BCUT2D eigenvalue weighted by atomic mass is 32.2. The van der Waals surface area contributed by atoms with E-state index < -0.39 is 10.0 Å². The molecule has 0 saturated heterocycles. The van der Waals surface area contributed by atoms with E-state index in [1.165, 1.54) is 0 Å². The third-order valence-electron chi connectivity index (χ3n) is 4.94. The zero-order valence-corrected chi connectivity index (χ0v) is 17.6. The van der Waals surface area contributed by atoms with E-state index in [0.29, 0.717) is 24.4 Å². The van der Waals surface area contributed by atoms with Gasteiger partial charge in [0, 0.05) is 24.6 Å². The van der Waals surface area contributed by atoms with E-state index in [-0.39, 0.29) is 16.8 Å². The lowest BCUT2D eigenvalue weighted by molar-refractivity contribution is -0.116. The monoisotopic (exact) mass is 417 g/mol. The van der Waals surface area contributed by atoms with Gasteiger partial charge in [0.25, 0.3) is 10.0 Å². The number of anilines is 1. The van der Waals surface area contributed by atoms with Crippen LogP contribution in [0.4, 0.5) is 5.82 Å². The second kappa shape index (κ2) is 9.21. The molecule has 8 nitrogen and oxygen atoms in total. The molecule has 1 aliphatic rings. The first-order valence-electron chi connectivity index (χ1n) is 9.92. The van der Waals surface area contributed by atoms with Gasteiger partial charge in [-0.1, -0.05) is 25.5 Å². The van der Waals surface area contributed by atoms with Crippen molar-refractivity contribution in [1.29, 1.82) is 0 Å². The number of amidine groups is 1. The summed E-state index contributed by atoms with van der Waals surface area (Å²) in [4.78, 5) is 16.8. The Morgan fingerprint density at radius 1 is 1.24 bits per heavy atom. The number of aliphatic imine (C=N–C) groups is 1. The van der Waals surface area contributed by atoms with Crippen molar-refractivity contribution in [3.8, 4) is 0 Å². The number of unbranched alkanes of at least 4 members (excludes halogenated alkanes) is 2. The average Bonchev–Trinajstić information content (AvgIpc) is 3.26. The zero-order chi connectivity index (χ0) is 20.9. The molecule has 3 rings (SSSR count). The average molecular weight is 418 g/mol. The molecule has 29 heavy (non-hydrogen) atoms. The van der Waals surface area contributed by atoms with Gasteiger partial charge in [0.05, 0.1) is 17.1 Å². The van der Waals surface area contributed by atoms with Crippen LogP contribution in [0, 0.1) is 0 Å². The second-order valence-corrected chi connectivity index (χ2v) is 8.76. The molecule has 9 heteroatoms. The predicted molar refractivity (Wildman–Crippen MR) is 112 cm³/mol. The number of aromatic nitrogens is 2. The van der Waals surface area contributed by atoms with Crippen LogP contribution in [0.3, 0.4) is 0 Å². The van der Waals surface area contributed by atoms with Crippen molar-refractivity contribution in [3.63, 3.8) is 0 Å². The van der Waals surface area contributed by atoms with Crippen LogP contribution in [-0.4, -0.2) is 36.5 Å². The van der Waals surface area contributed by atoms with Gasteiger partial charge in [-0.05, 0) is 38.3 Å². The summed E-state index contributed by atoms with van der Waals surface area (Å²) in [5.74, 6) is 1.10. The van der Waals surface area contributed by atoms with Gasteiger partial charge in [-0.25, -0.2) is 13.1 Å². The van der Waals surface area contributed by atoms with E-state index in [0.717, 1.165) is 31.5 Å². The van der Waals surface area contributed by atoms with Crippen molar-refractivity contribution in [2.24, 2.45) is 4.99 Å². The Bertz CT molecular complexity index is 997. The minimum absolute atomic E-state index is 0.0288. The molecule has 1 atom stereocenters. The topological polar surface area (TPSA) is 105 Å². The summed E-state index contributed by atoms with van der Waals surface area (Å²) in [7, 11) is -3.49. The molecule has 0 spiro atoms. The lowest BCUT2D eigenvalue weighted by atomic mass is 10.2. The van der Waals surface area contributed by atoms with E-state index in [9.17, 15) is 13.2 Å². The maximum absolute atomic E-state index is 12.2. The number of hydrogen-bond acceptors (Lipinski definition) is 5. The Balaban J connectivity index is 1.41. The molecule has 0 radical (unpaired) electrons. The molecular weight excluding hydrogens is 390 g/mol. The number of benzene rings is 1. The molecule has 1 amide bonds. The van der Waals surface area contributed by atoms with Crippen LogP contribution < -0.4 is 10.0 Å². The highest BCUT2D eigenvalue weighted by molar-refractivity contribution is 7.90. The molecule has 2 heterocycles. The molecule has 1 unspecified atom stereocenters. The Kier molecular flexibility index (Phi) is 6.68. The molecule has 1 aromatic heterocycles. The first kappa shape index (κ1) is 21.0. The van der Waals surface area contributed by atoms with Crippen molar-refractivity contribution in [3.05, 3.63) is 42.1 Å². The van der Waals surface area contributed by atoms with Crippen molar-refractivity contribution in [2.75, 3.05) is 11.9 Å². The Morgan fingerprint density at radius 3 is 2.83 bits per heavy atom. The predicted octanol–water partition coefficient (Wildman–Crippen LogP) is 3.09. The quantitative estimate of drug-likeness (QED) is 0.612. The van der Waals surface area contributed by atoms with Crippen LogP contribution in [0.5, 0.6) is 0 Å². The number of nitrogens with one attached hydrogen (secondary N) is 2. The lowest BCUT2D eigenvalue weighted by Gasteiger charge is -2.14. The summed E-state index contributed by atoms with van der Waals surface area (Å²) in [5, 5.41) is 7.18. The number of amides is 1. The van der Waals surface area contributed by atoms with Crippen LogP contribution in [-0.2, 0) is 14.8 Å². The van der Waals surface area contributed by atoms with Crippen molar-refractivity contribution < 1.29 is 13.2 Å². The summed E-state index contributed by atoms with van der Waals surface area (Å²) < 4.78 is 28.4. The van der Waals surface area contributed by atoms with E-state index in [1.54, 1.807) is 36.5 Å². The normalized spacial score (nSPS) is 17.0. The SMILES string of the molecule is CCC(C)n1nccc1NC(=O)CCCCCN=C1NS(=O)(=O)c2ccccc21. The number of rotatable bonds is 9. The van der Waals surface area contributed by atoms with Gasteiger partial charge in [0.15, 0.2) is 0 Å². The molecule has 1 aromatic carbocycles. The number of hydrogen-bond donors (Lipinski definition) is 2. The highest BCUT2D eigenvalue weighted by Gasteiger charge is 2.29. The summed E-state index contributed by atoms with van der Waals surface area (Å²) in [6.45, 7) is 4.65. The number of nitrogens with zero attached hydrogens (tertiary/aromatic N) is 3. The molecule has 0 fully saturated rings. The summed E-state index contributed by atoms with van der Waals surface area (Å²) >= 11 is 0. The summed E-state index contributed by atoms with van der Waals surface area (Å²) in [6.07, 6.45) is 5.42. The van der Waals surface area contributed by atoms with Crippen LogP contribution in [0.1, 0.15) is 57.6 Å². The third-order valence-corrected chi connectivity index (χ3v) is 6.34. The van der Waals surface area contributed by atoms with Crippen LogP contribution in [0.2, 0.25) is 0 Å². The Labute approximate surface area is 171 Å². The van der Waals surface area contributed by atoms with E-state index in [2.05, 4.69) is 34.0 Å². The van der Waals surface area contributed by atoms with Crippen molar-refractivity contribution >= 4 is 27.6 Å². The van der Waals surface area contributed by atoms with E-state index >= 15 is 0 Å². The highest BCUT2D eigenvalue weighted by Crippen LogP contribution is 2.22. The molecule has 0 aliphatic carbocycles. The van der Waals surface area contributed by atoms with Gasteiger partial charge in [-0.3, -0.25) is 14.5 Å².